The molecule has 0 bridgehead atoms. The van der Waals surface area contributed by atoms with Crippen molar-refractivity contribution >= 4 is 27.3 Å². The van der Waals surface area contributed by atoms with Crippen LogP contribution in [0.5, 0.6) is 0 Å². The minimum atomic E-state index is 0.395. The van der Waals surface area contributed by atoms with Gasteiger partial charge in [0.05, 0.1) is 4.88 Å². The van der Waals surface area contributed by atoms with Gasteiger partial charge in [-0.2, -0.15) is 10.2 Å². The van der Waals surface area contributed by atoms with Gasteiger partial charge in [-0.05, 0) is 40.2 Å². The highest BCUT2D eigenvalue weighted by molar-refractivity contribution is 9.10. The van der Waals surface area contributed by atoms with Gasteiger partial charge in [-0.15, -0.1) is 11.3 Å². The quantitative estimate of drug-likeness (QED) is 0.717. The van der Waals surface area contributed by atoms with Gasteiger partial charge in [-0.1, -0.05) is 5.16 Å². The molecule has 7 heteroatoms. The Morgan fingerprint density at radius 1 is 1.26 bits per heavy atom. The number of aromatic nitrogens is 3. The monoisotopic (exact) mass is 332 g/mol. The van der Waals surface area contributed by atoms with Crippen LogP contribution in [-0.2, 0) is 0 Å². The topological polar surface area (TPSA) is 75.6 Å². The Morgan fingerprint density at radius 3 is 2.84 bits per heavy atom. The zero-order valence-corrected chi connectivity index (χ0v) is 11.8. The van der Waals surface area contributed by atoms with Gasteiger partial charge in [0.15, 0.2) is 0 Å². The molecule has 5 nitrogen and oxygen atoms in total. The van der Waals surface area contributed by atoms with Crippen LogP contribution < -0.4 is 0 Å². The van der Waals surface area contributed by atoms with E-state index in [0.717, 1.165) is 9.35 Å². The van der Waals surface area contributed by atoms with Crippen LogP contribution in [-0.4, -0.2) is 15.1 Å². The van der Waals surface area contributed by atoms with E-state index in [9.17, 15) is 0 Å². The van der Waals surface area contributed by atoms with Crippen LogP contribution in [0, 0.1) is 11.3 Å². The van der Waals surface area contributed by atoms with Crippen molar-refractivity contribution in [1.82, 2.24) is 15.1 Å². The maximum Gasteiger partial charge on any atom is 0.268 e. The van der Waals surface area contributed by atoms with Crippen LogP contribution in [0.15, 0.2) is 39.5 Å². The Hall–Kier alpha value is -2.04. The van der Waals surface area contributed by atoms with Crippen LogP contribution >= 0.6 is 27.3 Å². The minimum absolute atomic E-state index is 0.395. The molecule has 19 heavy (non-hydrogen) atoms. The van der Waals surface area contributed by atoms with Crippen molar-refractivity contribution in [2.75, 3.05) is 0 Å². The molecule has 0 radical (unpaired) electrons. The highest BCUT2D eigenvalue weighted by atomic mass is 79.9. The zero-order chi connectivity index (χ0) is 13.2. The Balaban J connectivity index is 1.95. The summed E-state index contributed by atoms with van der Waals surface area (Å²) in [6, 6.07) is 9.24. The normalized spacial score (nSPS) is 10.3. The van der Waals surface area contributed by atoms with Crippen LogP contribution in [0.2, 0.25) is 0 Å². The summed E-state index contributed by atoms with van der Waals surface area (Å²) in [4.78, 5) is 9.85. The lowest BCUT2D eigenvalue weighted by Gasteiger charge is -1.92. The molecule has 0 aliphatic heterocycles. The van der Waals surface area contributed by atoms with Crippen LogP contribution in [0.4, 0.5) is 0 Å². The number of hydrogen-bond donors (Lipinski definition) is 0. The molecular weight excluding hydrogens is 328 g/mol. The van der Waals surface area contributed by atoms with E-state index in [1.165, 1.54) is 11.3 Å². The first-order valence-electron chi connectivity index (χ1n) is 5.22. The SMILES string of the molecule is N#Cc1ccc(-c2nc(-c3ccc(Br)cn3)no2)s1. The molecule has 0 atom stereocenters. The lowest BCUT2D eigenvalue weighted by atomic mass is 10.3. The van der Waals surface area contributed by atoms with E-state index < -0.39 is 0 Å². The third-order valence-electron chi connectivity index (χ3n) is 2.31. The molecule has 0 spiro atoms. The van der Waals surface area contributed by atoms with Crippen LogP contribution in [0.25, 0.3) is 22.3 Å². The minimum Gasteiger partial charge on any atom is -0.333 e. The van der Waals surface area contributed by atoms with Gasteiger partial charge >= 0.3 is 0 Å². The lowest BCUT2D eigenvalue weighted by Crippen LogP contribution is -1.84. The highest BCUT2D eigenvalue weighted by Gasteiger charge is 2.13. The predicted octanol–water partition coefficient (Wildman–Crippen LogP) is 3.49. The Bertz CT molecular complexity index is 757. The molecule has 0 unspecified atom stereocenters. The molecular formula is C12H5BrN4OS. The molecule has 3 rings (SSSR count). The third kappa shape index (κ3) is 2.41. The van der Waals surface area contributed by atoms with Gasteiger partial charge in [0.1, 0.15) is 16.6 Å². The first kappa shape index (κ1) is 12.0. The van der Waals surface area contributed by atoms with E-state index in [0.29, 0.717) is 22.3 Å². The smallest absolute Gasteiger partial charge is 0.268 e. The Kier molecular flexibility index (Phi) is 3.11. The Labute approximate surface area is 120 Å². The van der Waals surface area contributed by atoms with Crippen molar-refractivity contribution in [3.05, 3.63) is 39.8 Å². The number of hydrogen-bond acceptors (Lipinski definition) is 6. The van der Waals surface area contributed by atoms with Crippen molar-refractivity contribution < 1.29 is 4.52 Å². The molecule has 0 amide bonds. The molecule has 0 aliphatic carbocycles. The van der Waals surface area contributed by atoms with E-state index in [1.54, 1.807) is 24.4 Å². The van der Waals surface area contributed by atoms with Crippen molar-refractivity contribution in [2.24, 2.45) is 0 Å². The molecule has 0 saturated carbocycles. The summed E-state index contributed by atoms with van der Waals surface area (Å²) in [5.41, 5.74) is 0.635. The van der Waals surface area contributed by atoms with Crippen molar-refractivity contribution in [3.63, 3.8) is 0 Å². The summed E-state index contributed by atoms with van der Waals surface area (Å²) in [6.45, 7) is 0. The largest absolute Gasteiger partial charge is 0.333 e. The molecule has 0 aromatic carbocycles. The van der Waals surface area contributed by atoms with Crippen molar-refractivity contribution in [3.8, 4) is 28.4 Å². The average Bonchev–Trinajstić information content (AvgIpc) is 3.08. The van der Waals surface area contributed by atoms with Gasteiger partial charge in [0.2, 0.25) is 5.82 Å². The second-order valence-corrected chi connectivity index (χ2v) is 5.56. The summed E-state index contributed by atoms with van der Waals surface area (Å²) < 4.78 is 6.07. The summed E-state index contributed by atoms with van der Waals surface area (Å²) >= 11 is 4.63. The molecule has 0 aliphatic rings. The maximum absolute atomic E-state index is 8.79. The molecule has 0 N–H and O–H groups in total. The predicted molar refractivity (Wildman–Crippen MR) is 73.3 cm³/mol. The number of thiophene rings is 1. The van der Waals surface area contributed by atoms with E-state index >= 15 is 0 Å². The summed E-state index contributed by atoms with van der Waals surface area (Å²) in [5, 5.41) is 12.7. The average molecular weight is 333 g/mol. The van der Waals surface area contributed by atoms with Crippen molar-refractivity contribution in [2.45, 2.75) is 0 Å². The van der Waals surface area contributed by atoms with E-state index in [1.807, 2.05) is 6.07 Å². The fourth-order valence-corrected chi connectivity index (χ4v) is 2.41. The number of nitrogens with zero attached hydrogens (tertiary/aromatic N) is 4. The molecule has 3 aromatic rings. The zero-order valence-electron chi connectivity index (χ0n) is 9.37. The Morgan fingerprint density at radius 2 is 2.16 bits per heavy atom. The van der Waals surface area contributed by atoms with E-state index in [2.05, 4.69) is 37.1 Å². The third-order valence-corrected chi connectivity index (χ3v) is 3.76. The fourth-order valence-electron chi connectivity index (χ4n) is 1.45. The number of rotatable bonds is 2. The number of halogens is 1. The molecule has 3 aromatic heterocycles. The second kappa shape index (κ2) is 4.91. The van der Waals surface area contributed by atoms with Crippen molar-refractivity contribution in [1.29, 1.82) is 5.26 Å². The standard InChI is InChI=1S/C12H5BrN4OS/c13-7-1-3-9(15-6-7)11-16-12(18-17-11)10-4-2-8(5-14)19-10/h1-4,6H. The van der Waals surface area contributed by atoms with Crippen LogP contribution in [0.1, 0.15) is 4.88 Å². The molecule has 0 fully saturated rings. The van der Waals surface area contributed by atoms with E-state index in [4.69, 9.17) is 9.78 Å². The number of pyridine rings is 1. The summed E-state index contributed by atoms with van der Waals surface area (Å²) in [6.07, 6.45) is 1.67. The van der Waals surface area contributed by atoms with E-state index in [-0.39, 0.29) is 0 Å². The number of nitriles is 1. The highest BCUT2D eigenvalue weighted by Crippen LogP contribution is 2.27. The summed E-state index contributed by atoms with van der Waals surface area (Å²) in [5.74, 6) is 0.820. The van der Waals surface area contributed by atoms with Gasteiger partial charge in [-0.3, -0.25) is 4.98 Å². The molecule has 92 valence electrons. The van der Waals surface area contributed by atoms with Gasteiger partial charge in [-0.25, -0.2) is 0 Å². The second-order valence-electron chi connectivity index (χ2n) is 3.56. The van der Waals surface area contributed by atoms with Crippen LogP contribution in [0.3, 0.4) is 0 Å². The first-order chi connectivity index (χ1) is 9.26. The summed E-state index contributed by atoms with van der Waals surface area (Å²) in [7, 11) is 0. The van der Waals surface area contributed by atoms with Gasteiger partial charge in [0, 0.05) is 10.7 Å². The maximum atomic E-state index is 8.79. The van der Waals surface area contributed by atoms with Gasteiger partial charge < -0.3 is 4.52 Å². The first-order valence-corrected chi connectivity index (χ1v) is 6.83. The lowest BCUT2D eigenvalue weighted by molar-refractivity contribution is 0.433. The molecule has 0 saturated heterocycles. The van der Waals surface area contributed by atoms with Gasteiger partial charge in [0.25, 0.3) is 5.89 Å². The molecule has 3 heterocycles. The fraction of sp³-hybridized carbons (Fsp3) is 0.